The van der Waals surface area contributed by atoms with E-state index in [0.717, 1.165) is 60.1 Å². The van der Waals surface area contributed by atoms with Gasteiger partial charge in [0, 0.05) is 17.6 Å². The molecule has 0 aromatic heterocycles. The van der Waals surface area contributed by atoms with Gasteiger partial charge in [-0.1, -0.05) is 37.4 Å². The highest BCUT2D eigenvalue weighted by molar-refractivity contribution is 5.96. The van der Waals surface area contributed by atoms with Gasteiger partial charge in [-0.05, 0) is 163 Å². The molecule has 0 atom stereocenters. The summed E-state index contributed by atoms with van der Waals surface area (Å²) in [6, 6.07) is 11.7. The maximum atomic E-state index is 14.2. The SMILES string of the molecule is C=CC(=O)OCOC1CCC(C(=O)OC2CCC(OC(=O)c3cccc4c3C3(CC4)CCc4cccc(C(=O)OC5CCC(OC(=O)C6CCC(OCOC(=O)C=C)CC6)CC5)c43)CC2)CC1. The lowest BCUT2D eigenvalue weighted by molar-refractivity contribution is -0.164. The molecule has 67 heavy (non-hydrogen) atoms. The van der Waals surface area contributed by atoms with E-state index in [0.29, 0.717) is 114 Å². The quantitative estimate of drug-likeness (QED) is 0.0679. The Morgan fingerprint density at radius 2 is 0.821 bits per heavy atom. The minimum absolute atomic E-state index is 0.0753. The number of rotatable bonds is 16. The molecule has 0 saturated heterocycles. The molecule has 8 rings (SSSR count). The van der Waals surface area contributed by atoms with Crippen LogP contribution in [0.5, 0.6) is 0 Å². The molecule has 4 fully saturated rings. The van der Waals surface area contributed by atoms with Crippen molar-refractivity contribution in [2.45, 2.75) is 170 Å². The van der Waals surface area contributed by atoms with Gasteiger partial charge in [-0.2, -0.15) is 0 Å². The lowest BCUT2D eigenvalue weighted by Gasteiger charge is -2.33. The molecule has 0 unspecified atom stereocenters. The Morgan fingerprint density at radius 1 is 0.478 bits per heavy atom. The van der Waals surface area contributed by atoms with Gasteiger partial charge in [-0.25, -0.2) is 19.2 Å². The second-order valence-electron chi connectivity index (χ2n) is 19.1. The van der Waals surface area contributed by atoms with Gasteiger partial charge in [0.1, 0.15) is 24.4 Å². The Balaban J connectivity index is 0.815. The molecular weight excluding hydrogens is 861 g/mol. The van der Waals surface area contributed by atoms with Crippen LogP contribution in [-0.4, -0.2) is 86.0 Å². The summed E-state index contributed by atoms with van der Waals surface area (Å²) in [6.45, 7) is 6.48. The minimum Gasteiger partial charge on any atom is -0.462 e. The van der Waals surface area contributed by atoms with Gasteiger partial charge >= 0.3 is 35.8 Å². The zero-order valence-electron chi connectivity index (χ0n) is 38.4. The van der Waals surface area contributed by atoms with Crippen molar-refractivity contribution in [3.63, 3.8) is 0 Å². The Bertz CT molecular complexity index is 1990. The Labute approximate surface area is 392 Å². The zero-order chi connectivity index (χ0) is 46.9. The van der Waals surface area contributed by atoms with Crippen LogP contribution in [0.2, 0.25) is 0 Å². The fourth-order valence-electron chi connectivity index (χ4n) is 11.4. The number of aryl methyl sites for hydroxylation is 2. The third kappa shape index (κ3) is 11.5. The monoisotopic (exact) mass is 924 g/mol. The van der Waals surface area contributed by atoms with Gasteiger partial charge in [0.05, 0.1) is 35.2 Å². The number of carbonyl (C=O) groups is 6. The van der Waals surface area contributed by atoms with E-state index in [1.165, 1.54) is 0 Å². The minimum atomic E-state index is -0.536. The van der Waals surface area contributed by atoms with E-state index in [9.17, 15) is 28.8 Å². The van der Waals surface area contributed by atoms with E-state index in [-0.39, 0.29) is 85.9 Å². The Kier molecular flexibility index (Phi) is 15.9. The molecule has 2 aromatic carbocycles. The van der Waals surface area contributed by atoms with E-state index in [1.807, 2.05) is 24.3 Å². The van der Waals surface area contributed by atoms with Crippen molar-refractivity contribution in [3.05, 3.63) is 95.1 Å². The van der Waals surface area contributed by atoms with E-state index < -0.39 is 17.4 Å². The van der Waals surface area contributed by atoms with E-state index >= 15 is 0 Å². The second kappa shape index (κ2) is 22.2. The Morgan fingerprint density at radius 3 is 1.18 bits per heavy atom. The van der Waals surface area contributed by atoms with Crippen LogP contribution in [-0.2, 0) is 75.3 Å². The number of benzene rings is 2. The lowest BCUT2D eigenvalue weighted by atomic mass is 9.73. The van der Waals surface area contributed by atoms with Crippen molar-refractivity contribution in [2.24, 2.45) is 11.8 Å². The highest BCUT2D eigenvalue weighted by Crippen LogP contribution is 2.55. The van der Waals surface area contributed by atoms with Gasteiger partial charge in [-0.15, -0.1) is 0 Å². The summed E-state index contributed by atoms with van der Waals surface area (Å²) in [4.78, 5) is 77.1. The first kappa shape index (κ1) is 48.1. The van der Waals surface area contributed by atoms with Crippen molar-refractivity contribution >= 4 is 35.8 Å². The van der Waals surface area contributed by atoms with Crippen LogP contribution in [0.15, 0.2) is 61.7 Å². The van der Waals surface area contributed by atoms with Crippen molar-refractivity contribution in [3.8, 4) is 0 Å². The molecule has 14 heteroatoms. The maximum absolute atomic E-state index is 14.2. The third-order valence-corrected chi connectivity index (χ3v) is 15.1. The highest BCUT2D eigenvalue weighted by Gasteiger charge is 2.49. The van der Waals surface area contributed by atoms with Crippen LogP contribution in [0.1, 0.15) is 159 Å². The number of esters is 6. The predicted molar refractivity (Wildman–Crippen MR) is 241 cm³/mol. The zero-order valence-corrected chi connectivity index (χ0v) is 38.4. The molecule has 1 spiro atoms. The normalized spacial score (nSPS) is 28.8. The average Bonchev–Trinajstić information content (AvgIpc) is 3.93. The van der Waals surface area contributed by atoms with Crippen molar-refractivity contribution in [2.75, 3.05) is 13.6 Å². The van der Waals surface area contributed by atoms with Crippen molar-refractivity contribution in [1.82, 2.24) is 0 Å². The topological polar surface area (TPSA) is 176 Å². The number of hydrogen-bond acceptors (Lipinski definition) is 14. The summed E-state index contributed by atoms with van der Waals surface area (Å²) < 4.78 is 45.4. The average molecular weight is 925 g/mol. The molecule has 0 heterocycles. The summed E-state index contributed by atoms with van der Waals surface area (Å²) in [5.41, 5.74) is 4.66. The summed E-state index contributed by atoms with van der Waals surface area (Å²) in [5, 5.41) is 0. The smallest absolute Gasteiger partial charge is 0.338 e. The lowest BCUT2D eigenvalue weighted by Crippen LogP contribution is -2.34. The van der Waals surface area contributed by atoms with E-state index in [1.54, 1.807) is 0 Å². The van der Waals surface area contributed by atoms with Crippen LogP contribution in [0.3, 0.4) is 0 Å². The highest BCUT2D eigenvalue weighted by atomic mass is 16.7. The molecule has 0 N–H and O–H groups in total. The summed E-state index contributed by atoms with van der Waals surface area (Å²) >= 11 is 0. The van der Waals surface area contributed by atoms with Crippen molar-refractivity contribution in [1.29, 1.82) is 0 Å². The molecule has 4 saturated carbocycles. The van der Waals surface area contributed by atoms with Gasteiger partial charge < -0.3 is 37.9 Å². The van der Waals surface area contributed by atoms with Gasteiger partial charge in [-0.3, -0.25) is 9.59 Å². The molecule has 0 aliphatic heterocycles. The first-order valence-electron chi connectivity index (χ1n) is 24.4. The molecule has 0 amide bonds. The third-order valence-electron chi connectivity index (χ3n) is 15.1. The van der Waals surface area contributed by atoms with E-state index in [4.69, 9.17) is 37.9 Å². The van der Waals surface area contributed by atoms with Crippen LogP contribution in [0.4, 0.5) is 0 Å². The van der Waals surface area contributed by atoms with Gasteiger partial charge in [0.25, 0.3) is 0 Å². The number of carbonyl (C=O) groups excluding carboxylic acids is 6. The largest absolute Gasteiger partial charge is 0.462 e. The molecular formula is C53H64O14. The van der Waals surface area contributed by atoms with E-state index in [2.05, 4.69) is 25.3 Å². The molecule has 2 aromatic rings. The number of ether oxygens (including phenoxy) is 8. The second-order valence-corrected chi connectivity index (χ2v) is 19.1. The summed E-state index contributed by atoms with van der Waals surface area (Å²) in [7, 11) is 0. The maximum Gasteiger partial charge on any atom is 0.338 e. The fourth-order valence-corrected chi connectivity index (χ4v) is 11.4. The molecule has 14 nitrogen and oxygen atoms in total. The first-order chi connectivity index (χ1) is 32.5. The van der Waals surface area contributed by atoms with Gasteiger partial charge in [0.15, 0.2) is 13.6 Å². The van der Waals surface area contributed by atoms with Crippen molar-refractivity contribution < 1.29 is 66.7 Å². The molecule has 6 aliphatic rings. The molecule has 0 bridgehead atoms. The van der Waals surface area contributed by atoms with Crippen LogP contribution < -0.4 is 0 Å². The van der Waals surface area contributed by atoms with Crippen LogP contribution in [0.25, 0.3) is 0 Å². The first-order valence-corrected chi connectivity index (χ1v) is 24.4. The molecule has 0 radical (unpaired) electrons. The number of hydrogen-bond donors (Lipinski definition) is 0. The predicted octanol–water partition coefficient (Wildman–Crippen LogP) is 8.41. The number of fused-ring (bicyclic) bond motifs is 4. The van der Waals surface area contributed by atoms with Gasteiger partial charge in [0.2, 0.25) is 0 Å². The van der Waals surface area contributed by atoms with Crippen LogP contribution >= 0.6 is 0 Å². The summed E-state index contributed by atoms with van der Waals surface area (Å²) in [6.07, 6.45) is 14.2. The molecule has 360 valence electrons. The van der Waals surface area contributed by atoms with Crippen LogP contribution in [0, 0.1) is 11.8 Å². The standard InChI is InChI=1S/C53H64O14/c1-3-45(54)62-31-60-37-15-11-35(12-16-37)49(56)64-39-19-23-41(24-20-39)66-51(58)43-9-5-7-33-27-29-53(47(33)43)30-28-34-8-6-10-44(48(34)53)52(59)67-42-25-21-40(22-26-42)65-50(57)36-13-17-38(18-14-36)61-32-63-46(55)4-2/h3-10,35-42H,1-2,11-32H2. The Hall–Kier alpha value is -5.34. The molecule has 6 aliphatic carbocycles. The summed E-state index contributed by atoms with van der Waals surface area (Å²) in [5.74, 6) is -2.60. The fraction of sp³-hybridized carbons (Fsp3) is 0.585.